The van der Waals surface area contributed by atoms with Crippen LogP contribution in [0, 0.1) is 37.9 Å². The highest BCUT2D eigenvalue weighted by atomic mass is 16.6. The second kappa shape index (κ2) is 30.6. The molecule has 7 unspecified atom stereocenters. The zero-order chi connectivity index (χ0) is 55.7. The van der Waals surface area contributed by atoms with E-state index in [9.17, 15) is 69.3 Å². The van der Waals surface area contributed by atoms with Gasteiger partial charge in [-0.3, -0.25) is 33.6 Å². The van der Waals surface area contributed by atoms with Gasteiger partial charge in [0.1, 0.15) is 46.2 Å². The molecule has 0 aliphatic rings. The normalized spacial score (nSPS) is 17.0. The van der Waals surface area contributed by atoms with Gasteiger partial charge in [0.05, 0.1) is 84.2 Å². The minimum atomic E-state index is -2.08. The molecule has 1 rings (SSSR count). The first-order valence-electron chi connectivity index (χ1n) is 24.7. The second-order valence-corrected chi connectivity index (χ2v) is 21.0. The lowest BCUT2D eigenvalue weighted by Crippen LogP contribution is -2.51. The molecule has 0 amide bonds. The predicted molar refractivity (Wildman–Crippen MR) is 261 cm³/mol. The lowest BCUT2D eigenvalue weighted by molar-refractivity contribution is -0.177. The lowest BCUT2D eigenvalue weighted by atomic mass is 9.57. The van der Waals surface area contributed by atoms with Crippen LogP contribution in [0.25, 0.3) is 0 Å². The SMILES string of the molecule is CCC(CC(C)(CC(C)(CC(C)(CC(C)(CC(C)(CC(C)(CC(C)(C)C(=O)OCCO)C(=O)OCCO)C(=O)OCCO)C(=O)OCCO)C(=O)OCCO)C(=O)OCCO)C(=O)OCCO)c1ccccc1. The standard InChI is InChI=1S/C52H84O21/c1-10-37(38-14-12-11-13-15-38)30-47(4,40(61)68-24-17-54)32-49(6,42(63)70-26-19-56)34-51(8,44(65)72-28-21-58)36-52(9,45(66)73-29-22-59)35-50(7,43(64)71-27-20-57)33-48(5,41(62)69-25-18-55)31-46(2,3)39(60)67-23-16-53/h11-15,37,53-59H,10,16-36H2,1-9H3. The van der Waals surface area contributed by atoms with E-state index in [1.807, 2.05) is 37.3 Å². The number of benzene rings is 1. The summed E-state index contributed by atoms with van der Waals surface area (Å²) < 4.78 is 38.4. The van der Waals surface area contributed by atoms with Gasteiger partial charge in [0, 0.05) is 0 Å². The van der Waals surface area contributed by atoms with E-state index in [4.69, 9.17) is 33.2 Å². The van der Waals surface area contributed by atoms with Crippen LogP contribution in [-0.2, 0) is 66.7 Å². The molecule has 0 saturated carbocycles. The van der Waals surface area contributed by atoms with Crippen LogP contribution >= 0.6 is 0 Å². The first-order chi connectivity index (χ1) is 34.1. The number of aliphatic hydroxyl groups is 7. The number of rotatable bonds is 37. The van der Waals surface area contributed by atoms with Gasteiger partial charge >= 0.3 is 41.8 Å². The molecule has 0 radical (unpaired) electrons. The summed E-state index contributed by atoms with van der Waals surface area (Å²) in [5.41, 5.74) is -12.1. The molecule has 1 aromatic carbocycles. The molecule has 0 bridgehead atoms. The molecule has 7 atom stereocenters. The monoisotopic (exact) mass is 1040 g/mol. The number of ether oxygens (including phenoxy) is 7. The van der Waals surface area contributed by atoms with E-state index >= 15 is 0 Å². The second-order valence-electron chi connectivity index (χ2n) is 21.0. The molecule has 0 fully saturated rings. The van der Waals surface area contributed by atoms with Crippen molar-refractivity contribution in [3.63, 3.8) is 0 Å². The summed E-state index contributed by atoms with van der Waals surface area (Å²) in [4.78, 5) is 101. The highest BCUT2D eigenvalue weighted by Crippen LogP contribution is 2.55. The molecule has 0 aromatic heterocycles. The summed E-state index contributed by atoms with van der Waals surface area (Å²) in [7, 11) is 0. The Morgan fingerprint density at radius 1 is 0.370 bits per heavy atom. The number of carbonyl (C=O) groups is 7. The Hall–Kier alpha value is -4.77. The molecule has 418 valence electrons. The van der Waals surface area contributed by atoms with Crippen molar-refractivity contribution >= 4 is 41.8 Å². The number of carbonyl (C=O) groups excluding carboxylic acids is 7. The van der Waals surface area contributed by atoms with Gasteiger partial charge in [-0.2, -0.15) is 0 Å². The fourth-order valence-electron chi connectivity index (χ4n) is 10.6. The van der Waals surface area contributed by atoms with Crippen LogP contribution in [0.2, 0.25) is 0 Å². The highest BCUT2D eigenvalue weighted by molar-refractivity contribution is 5.86. The third-order valence-electron chi connectivity index (χ3n) is 13.0. The van der Waals surface area contributed by atoms with E-state index in [0.717, 1.165) is 5.56 Å². The Labute approximate surface area is 429 Å². The van der Waals surface area contributed by atoms with Gasteiger partial charge in [0.2, 0.25) is 0 Å². The summed E-state index contributed by atoms with van der Waals surface area (Å²) in [6, 6.07) is 9.27. The van der Waals surface area contributed by atoms with Crippen molar-refractivity contribution in [3.05, 3.63) is 35.9 Å². The van der Waals surface area contributed by atoms with Crippen molar-refractivity contribution in [2.75, 3.05) is 92.5 Å². The Kier molecular flexibility index (Phi) is 27.7. The Morgan fingerprint density at radius 3 is 0.863 bits per heavy atom. The van der Waals surface area contributed by atoms with Gasteiger partial charge in [-0.05, 0) is 118 Å². The van der Waals surface area contributed by atoms with Gasteiger partial charge in [-0.1, -0.05) is 37.3 Å². The maximum absolute atomic E-state index is 14.8. The van der Waals surface area contributed by atoms with Gasteiger partial charge < -0.3 is 68.9 Å². The maximum Gasteiger partial charge on any atom is 0.311 e. The molecule has 0 heterocycles. The van der Waals surface area contributed by atoms with Crippen molar-refractivity contribution in [1.29, 1.82) is 0 Å². The van der Waals surface area contributed by atoms with E-state index in [2.05, 4.69) is 0 Å². The van der Waals surface area contributed by atoms with E-state index in [0.29, 0.717) is 6.42 Å². The van der Waals surface area contributed by atoms with E-state index < -0.39 is 185 Å². The fourth-order valence-corrected chi connectivity index (χ4v) is 10.6. The first kappa shape index (κ1) is 66.2. The zero-order valence-corrected chi connectivity index (χ0v) is 44.4. The third kappa shape index (κ3) is 19.8. The average molecular weight is 1050 g/mol. The number of hydrogen-bond acceptors (Lipinski definition) is 21. The maximum atomic E-state index is 14.8. The van der Waals surface area contributed by atoms with Crippen molar-refractivity contribution < 1.29 is 102 Å². The van der Waals surface area contributed by atoms with Crippen LogP contribution in [-0.4, -0.2) is 170 Å². The Morgan fingerprint density at radius 2 is 0.603 bits per heavy atom. The topological polar surface area (TPSA) is 326 Å². The minimum absolute atomic E-state index is 0.0846. The Bertz CT molecular complexity index is 1910. The van der Waals surface area contributed by atoms with Gasteiger partial charge in [0.15, 0.2) is 0 Å². The van der Waals surface area contributed by atoms with Crippen LogP contribution in [0.3, 0.4) is 0 Å². The van der Waals surface area contributed by atoms with E-state index in [1.165, 1.54) is 48.5 Å². The van der Waals surface area contributed by atoms with E-state index in [-0.39, 0.29) is 38.4 Å². The third-order valence-corrected chi connectivity index (χ3v) is 13.0. The first-order valence-corrected chi connectivity index (χ1v) is 24.7. The van der Waals surface area contributed by atoms with Crippen LogP contribution in [0.4, 0.5) is 0 Å². The van der Waals surface area contributed by atoms with Crippen molar-refractivity contribution in [1.82, 2.24) is 0 Å². The van der Waals surface area contributed by atoms with Crippen molar-refractivity contribution in [2.24, 2.45) is 37.9 Å². The van der Waals surface area contributed by atoms with Crippen molar-refractivity contribution in [3.8, 4) is 0 Å². The Balaban J connectivity index is 4.42. The molecule has 1 aromatic rings. The lowest BCUT2D eigenvalue weighted by Gasteiger charge is -2.46. The van der Waals surface area contributed by atoms with Crippen LogP contribution in [0.5, 0.6) is 0 Å². The summed E-state index contributed by atoms with van der Waals surface area (Å²) in [5, 5.41) is 67.9. The highest BCUT2D eigenvalue weighted by Gasteiger charge is 2.59. The molecule has 0 saturated heterocycles. The minimum Gasteiger partial charge on any atom is -0.463 e. The quantitative estimate of drug-likeness (QED) is 0.0372. The van der Waals surface area contributed by atoms with Crippen LogP contribution in [0.1, 0.15) is 125 Å². The molecule has 0 aliphatic carbocycles. The molecule has 0 spiro atoms. The number of esters is 7. The predicted octanol–water partition coefficient (Wildman–Crippen LogP) is 2.72. The van der Waals surface area contributed by atoms with E-state index in [1.54, 1.807) is 6.92 Å². The molecule has 73 heavy (non-hydrogen) atoms. The number of aliphatic hydroxyl groups excluding tert-OH is 7. The number of hydrogen-bond donors (Lipinski definition) is 7. The molecular weight excluding hydrogens is 961 g/mol. The largest absolute Gasteiger partial charge is 0.463 e. The van der Waals surface area contributed by atoms with Gasteiger partial charge in [0.25, 0.3) is 0 Å². The molecular formula is C52H84O21. The summed E-state index contributed by atoms with van der Waals surface area (Å²) in [5.74, 6) is -7.08. The van der Waals surface area contributed by atoms with Crippen LogP contribution in [0.15, 0.2) is 30.3 Å². The van der Waals surface area contributed by atoms with Gasteiger partial charge in [-0.15, -0.1) is 0 Å². The zero-order valence-electron chi connectivity index (χ0n) is 44.4. The fraction of sp³-hybridized carbons (Fsp3) is 0.750. The average Bonchev–Trinajstić information content (AvgIpc) is 3.34. The summed E-state index contributed by atoms with van der Waals surface area (Å²) in [6.07, 6.45) is -2.61. The van der Waals surface area contributed by atoms with Crippen molar-refractivity contribution in [2.45, 2.75) is 120 Å². The summed E-state index contributed by atoms with van der Waals surface area (Å²) >= 11 is 0. The molecule has 21 nitrogen and oxygen atoms in total. The summed E-state index contributed by atoms with van der Waals surface area (Å²) in [6.45, 7) is 5.67. The van der Waals surface area contributed by atoms with Gasteiger partial charge in [-0.25, -0.2) is 0 Å². The smallest absolute Gasteiger partial charge is 0.311 e. The molecule has 0 aliphatic heterocycles. The van der Waals surface area contributed by atoms with Crippen LogP contribution < -0.4 is 0 Å². The molecule has 7 N–H and O–H groups in total. The molecule has 21 heteroatoms.